The molecule has 1 fully saturated rings. The number of rotatable bonds is 12. The predicted molar refractivity (Wildman–Crippen MR) is 127 cm³/mol. The summed E-state index contributed by atoms with van der Waals surface area (Å²) in [5, 5.41) is 6.97. The molecule has 0 amide bonds. The lowest BCUT2D eigenvalue weighted by molar-refractivity contribution is 0.141. The van der Waals surface area contributed by atoms with E-state index >= 15 is 0 Å². The Balaban J connectivity index is 2.11. The van der Waals surface area contributed by atoms with Crippen LogP contribution in [-0.2, 0) is 4.74 Å². The number of hydrogen-bond acceptors (Lipinski definition) is 5. The van der Waals surface area contributed by atoms with Crippen LogP contribution in [0, 0.1) is 5.41 Å². The van der Waals surface area contributed by atoms with Gasteiger partial charge in [0.15, 0.2) is 17.5 Å². The summed E-state index contributed by atoms with van der Waals surface area (Å²) < 4.78 is 16.3. The van der Waals surface area contributed by atoms with Gasteiger partial charge in [-0.15, -0.1) is 0 Å². The fraction of sp³-hybridized carbons (Fsp3) is 0.708. The Bertz CT molecular complexity index is 687. The Morgan fingerprint density at radius 3 is 2.39 bits per heavy atom. The van der Waals surface area contributed by atoms with E-state index in [-0.39, 0.29) is 11.5 Å². The largest absolute Gasteiger partial charge is 0.493 e. The summed E-state index contributed by atoms with van der Waals surface area (Å²) in [6.45, 7) is 5.32. The summed E-state index contributed by atoms with van der Waals surface area (Å²) >= 11 is 0. The molecule has 1 aromatic carbocycles. The van der Waals surface area contributed by atoms with Crippen LogP contribution in [0.5, 0.6) is 11.5 Å². The zero-order valence-electron chi connectivity index (χ0n) is 20.3. The van der Waals surface area contributed by atoms with Crippen LogP contribution < -0.4 is 20.1 Å². The van der Waals surface area contributed by atoms with E-state index < -0.39 is 0 Å². The third-order valence-electron chi connectivity index (χ3n) is 6.30. The van der Waals surface area contributed by atoms with E-state index in [0.29, 0.717) is 0 Å². The molecule has 1 unspecified atom stereocenters. The van der Waals surface area contributed by atoms with Crippen molar-refractivity contribution in [1.82, 2.24) is 15.5 Å². The molecule has 0 bridgehead atoms. The lowest BCUT2D eigenvalue weighted by Crippen LogP contribution is -2.42. The second-order valence-electron chi connectivity index (χ2n) is 8.62. The molecule has 2 N–H and O–H groups in total. The highest BCUT2D eigenvalue weighted by atomic mass is 16.5. The molecule has 0 aromatic heterocycles. The zero-order chi connectivity index (χ0) is 22.7. The van der Waals surface area contributed by atoms with Gasteiger partial charge in [-0.3, -0.25) is 4.99 Å². The number of nitrogens with zero attached hydrogens (tertiary/aromatic N) is 2. The van der Waals surface area contributed by atoms with Crippen molar-refractivity contribution in [1.29, 1.82) is 0 Å². The molecule has 176 valence electrons. The summed E-state index contributed by atoms with van der Waals surface area (Å²) in [7, 11) is 9.29. The Kier molecular flexibility index (Phi) is 10.4. The number of methoxy groups -OCH3 is 3. The monoisotopic (exact) mass is 434 g/mol. The van der Waals surface area contributed by atoms with Gasteiger partial charge in [0.2, 0.25) is 0 Å². The Morgan fingerprint density at radius 1 is 1.10 bits per heavy atom. The van der Waals surface area contributed by atoms with Crippen LogP contribution in [-0.4, -0.2) is 72.5 Å². The van der Waals surface area contributed by atoms with Gasteiger partial charge in [-0.05, 0) is 63.4 Å². The van der Waals surface area contributed by atoms with Crippen molar-refractivity contribution >= 4 is 5.96 Å². The number of hydrogen-bond donors (Lipinski definition) is 2. The molecule has 2 rings (SSSR count). The van der Waals surface area contributed by atoms with Crippen LogP contribution in [0.15, 0.2) is 23.2 Å². The first-order chi connectivity index (χ1) is 15.0. The summed E-state index contributed by atoms with van der Waals surface area (Å²) in [4.78, 5) is 7.19. The molecule has 0 aliphatic heterocycles. The highest BCUT2D eigenvalue weighted by molar-refractivity contribution is 5.79. The van der Waals surface area contributed by atoms with Crippen LogP contribution in [0.3, 0.4) is 0 Å². The number of aliphatic imine (C=N–C) groups is 1. The van der Waals surface area contributed by atoms with Crippen LogP contribution in [0.4, 0.5) is 0 Å². The van der Waals surface area contributed by atoms with Gasteiger partial charge in [0.1, 0.15) is 0 Å². The number of likely N-dealkylation sites (N-methyl/N-ethyl adjacent to an activating group) is 1. The first-order valence-corrected chi connectivity index (χ1v) is 11.4. The van der Waals surface area contributed by atoms with Crippen molar-refractivity contribution in [3.63, 3.8) is 0 Å². The fourth-order valence-electron chi connectivity index (χ4n) is 4.37. The summed E-state index contributed by atoms with van der Waals surface area (Å²) in [5.41, 5.74) is 1.45. The van der Waals surface area contributed by atoms with Gasteiger partial charge in [0.25, 0.3) is 0 Å². The molecule has 1 atom stereocenters. The van der Waals surface area contributed by atoms with E-state index in [1.54, 1.807) is 21.3 Å². The third-order valence-corrected chi connectivity index (χ3v) is 6.30. The minimum atomic E-state index is 0.164. The smallest absolute Gasteiger partial charge is 0.191 e. The fourth-order valence-corrected chi connectivity index (χ4v) is 4.37. The zero-order valence-corrected chi connectivity index (χ0v) is 20.3. The number of guanidine groups is 1. The van der Waals surface area contributed by atoms with Crippen LogP contribution in [0.2, 0.25) is 0 Å². The molecular formula is C24H42N4O3. The Labute approximate surface area is 188 Å². The van der Waals surface area contributed by atoms with Gasteiger partial charge in [-0.25, -0.2) is 0 Å². The second kappa shape index (κ2) is 12.8. The van der Waals surface area contributed by atoms with E-state index in [2.05, 4.69) is 42.6 Å². The van der Waals surface area contributed by atoms with Crippen molar-refractivity contribution in [3.8, 4) is 11.5 Å². The molecule has 31 heavy (non-hydrogen) atoms. The van der Waals surface area contributed by atoms with E-state index in [1.807, 2.05) is 12.1 Å². The van der Waals surface area contributed by atoms with Gasteiger partial charge in [-0.2, -0.15) is 0 Å². The van der Waals surface area contributed by atoms with E-state index in [1.165, 1.54) is 31.2 Å². The maximum absolute atomic E-state index is 5.50. The highest BCUT2D eigenvalue weighted by Crippen LogP contribution is 2.41. The predicted octanol–water partition coefficient (Wildman–Crippen LogP) is 3.46. The average Bonchev–Trinajstić information content (AvgIpc) is 3.24. The van der Waals surface area contributed by atoms with Gasteiger partial charge < -0.3 is 29.7 Å². The molecule has 0 heterocycles. The van der Waals surface area contributed by atoms with Gasteiger partial charge in [-0.1, -0.05) is 18.9 Å². The summed E-state index contributed by atoms with van der Waals surface area (Å²) in [6.07, 6.45) is 6.16. The third kappa shape index (κ3) is 7.28. The molecule has 1 saturated carbocycles. The minimum Gasteiger partial charge on any atom is -0.493 e. The summed E-state index contributed by atoms with van der Waals surface area (Å²) in [5.74, 6) is 2.36. The molecule has 0 radical (unpaired) electrons. The van der Waals surface area contributed by atoms with Crippen LogP contribution in [0.25, 0.3) is 0 Å². The van der Waals surface area contributed by atoms with Crippen molar-refractivity contribution in [2.75, 3.05) is 61.7 Å². The molecule has 7 nitrogen and oxygen atoms in total. The Morgan fingerprint density at radius 2 is 1.81 bits per heavy atom. The number of nitrogens with one attached hydrogen (secondary N) is 2. The molecule has 0 saturated heterocycles. The normalized spacial score (nSPS) is 16.9. The lowest BCUT2D eigenvalue weighted by atomic mass is 9.83. The van der Waals surface area contributed by atoms with Crippen LogP contribution >= 0.6 is 0 Å². The van der Waals surface area contributed by atoms with E-state index in [0.717, 1.165) is 50.1 Å². The maximum Gasteiger partial charge on any atom is 0.191 e. The van der Waals surface area contributed by atoms with E-state index in [9.17, 15) is 0 Å². The molecule has 1 aliphatic rings. The first kappa shape index (κ1) is 25.3. The van der Waals surface area contributed by atoms with Gasteiger partial charge in [0.05, 0.1) is 20.3 Å². The number of ether oxygens (including phenoxy) is 3. The number of benzene rings is 1. The van der Waals surface area contributed by atoms with Crippen molar-refractivity contribution in [2.45, 2.75) is 45.1 Å². The van der Waals surface area contributed by atoms with Crippen molar-refractivity contribution in [3.05, 3.63) is 23.8 Å². The lowest BCUT2D eigenvalue weighted by Gasteiger charge is -2.28. The quantitative estimate of drug-likeness (QED) is 0.388. The molecule has 0 spiro atoms. The minimum absolute atomic E-state index is 0.164. The molecule has 7 heteroatoms. The highest BCUT2D eigenvalue weighted by Gasteiger charge is 2.33. The molecule has 1 aliphatic carbocycles. The van der Waals surface area contributed by atoms with Gasteiger partial charge >= 0.3 is 0 Å². The average molecular weight is 435 g/mol. The maximum atomic E-state index is 5.50. The van der Waals surface area contributed by atoms with Gasteiger partial charge in [0, 0.05) is 33.4 Å². The first-order valence-electron chi connectivity index (χ1n) is 11.4. The molecule has 1 aromatic rings. The SMILES string of the molecule is CCNC(=NCC1(CCOC)CCCC1)NCC(c1ccc(OC)c(OC)c1)N(C)C. The van der Waals surface area contributed by atoms with Crippen molar-refractivity contribution < 1.29 is 14.2 Å². The second-order valence-corrected chi connectivity index (χ2v) is 8.62. The van der Waals surface area contributed by atoms with E-state index in [4.69, 9.17) is 19.2 Å². The summed E-state index contributed by atoms with van der Waals surface area (Å²) in [6, 6.07) is 6.27. The molecular weight excluding hydrogens is 392 g/mol. The van der Waals surface area contributed by atoms with Crippen molar-refractivity contribution in [2.24, 2.45) is 10.4 Å². The standard InChI is InChI=1S/C24H42N4O3/c1-7-25-23(27-18-24(14-15-29-4)12-8-9-13-24)26-17-20(28(2)3)19-10-11-21(30-5)22(16-19)31-6/h10-11,16,20H,7-9,12-15,17-18H2,1-6H3,(H2,25,26,27). The topological polar surface area (TPSA) is 67.4 Å². The Hall–Kier alpha value is -1.99. The van der Waals surface area contributed by atoms with Crippen LogP contribution in [0.1, 0.15) is 50.6 Å².